The maximum absolute atomic E-state index is 11.3. The number of nitrogens with zero attached hydrogens (tertiary/aromatic N) is 1. The van der Waals surface area contributed by atoms with Crippen LogP contribution in [0.25, 0.3) is 0 Å². The number of benzene rings is 1. The van der Waals surface area contributed by atoms with E-state index in [4.69, 9.17) is 15.8 Å². The molecule has 0 aromatic heterocycles. The number of amides is 1. The minimum Gasteiger partial charge on any atom is -0.481 e. The van der Waals surface area contributed by atoms with Crippen LogP contribution in [0.15, 0.2) is 24.3 Å². The lowest BCUT2D eigenvalue weighted by atomic mass is 10.2. The summed E-state index contributed by atoms with van der Waals surface area (Å²) in [6.45, 7) is 1.81. The van der Waals surface area contributed by atoms with Crippen LogP contribution in [0.2, 0.25) is 0 Å². The Morgan fingerprint density at radius 3 is 3.00 bits per heavy atom. The van der Waals surface area contributed by atoms with E-state index in [0.29, 0.717) is 17.7 Å². The molecule has 5 nitrogen and oxygen atoms in total. The van der Waals surface area contributed by atoms with E-state index in [2.05, 4.69) is 0 Å². The molecule has 3 N–H and O–H groups in total. The fourth-order valence-electron chi connectivity index (χ4n) is 1.22. The van der Waals surface area contributed by atoms with Crippen molar-refractivity contribution in [3.63, 3.8) is 0 Å². The summed E-state index contributed by atoms with van der Waals surface area (Å²) in [5.41, 5.74) is 2.52. The Morgan fingerprint density at radius 2 is 2.44 bits per heavy atom. The summed E-state index contributed by atoms with van der Waals surface area (Å²) in [5.74, 6) is 5.12. The number of hydrazine groups is 1. The van der Waals surface area contributed by atoms with Gasteiger partial charge in [0, 0.05) is 0 Å². The summed E-state index contributed by atoms with van der Waals surface area (Å²) in [6, 6.07) is 8.62. The highest BCUT2D eigenvalue weighted by atomic mass is 16.5. The molecule has 0 spiro atoms. The predicted octanol–water partition coefficient (Wildman–Crippen LogP) is 0.706. The molecule has 1 rings (SSSR count). The van der Waals surface area contributed by atoms with Crippen LogP contribution in [0.1, 0.15) is 18.9 Å². The number of hydrogen-bond donors (Lipinski definition) is 2. The number of carbonyl (C=O) groups excluding carboxylic acids is 1. The van der Waals surface area contributed by atoms with Crippen molar-refractivity contribution in [3.8, 4) is 11.8 Å². The zero-order chi connectivity index (χ0) is 12.0. The number of hydrogen-bond acceptors (Lipinski definition) is 4. The fourth-order valence-corrected chi connectivity index (χ4v) is 1.22. The third-order valence-electron chi connectivity index (χ3n) is 2.05. The number of nitriles is 1. The van der Waals surface area contributed by atoms with Gasteiger partial charge in [-0.2, -0.15) is 5.26 Å². The molecule has 1 aromatic carbocycles. The smallest absolute Gasteiger partial charge is 0.274 e. The van der Waals surface area contributed by atoms with Crippen molar-refractivity contribution in [3.05, 3.63) is 29.8 Å². The number of ether oxygens (including phenoxy) is 1. The lowest BCUT2D eigenvalue weighted by molar-refractivity contribution is -0.128. The summed E-state index contributed by atoms with van der Waals surface area (Å²) >= 11 is 0. The van der Waals surface area contributed by atoms with Crippen molar-refractivity contribution in [2.24, 2.45) is 5.84 Å². The molecule has 84 valence electrons. The van der Waals surface area contributed by atoms with Gasteiger partial charge in [0.15, 0.2) is 6.10 Å². The van der Waals surface area contributed by atoms with Gasteiger partial charge in [-0.15, -0.1) is 0 Å². The average Bonchev–Trinajstić information content (AvgIpc) is 2.35. The minimum atomic E-state index is -0.640. The molecule has 1 aromatic rings. The highest BCUT2D eigenvalue weighted by Gasteiger charge is 2.16. The quantitative estimate of drug-likeness (QED) is 0.443. The Bertz CT molecular complexity index is 412. The molecular formula is C11H13N3O2. The first-order chi connectivity index (χ1) is 7.71. The minimum absolute atomic E-state index is 0.384. The Morgan fingerprint density at radius 1 is 1.69 bits per heavy atom. The predicted molar refractivity (Wildman–Crippen MR) is 58.2 cm³/mol. The van der Waals surface area contributed by atoms with Crippen LogP contribution in [0.5, 0.6) is 5.75 Å². The fraction of sp³-hybridized carbons (Fsp3) is 0.273. The van der Waals surface area contributed by atoms with Crippen LogP contribution in [0, 0.1) is 11.3 Å². The van der Waals surface area contributed by atoms with E-state index < -0.39 is 6.10 Å². The maximum Gasteiger partial charge on any atom is 0.274 e. The molecule has 0 fully saturated rings. The van der Waals surface area contributed by atoms with E-state index in [-0.39, 0.29) is 5.91 Å². The number of rotatable bonds is 4. The lowest BCUT2D eigenvalue weighted by Gasteiger charge is -2.15. The van der Waals surface area contributed by atoms with Gasteiger partial charge in [-0.25, -0.2) is 5.84 Å². The molecule has 0 aliphatic rings. The van der Waals surface area contributed by atoms with Crippen LogP contribution >= 0.6 is 0 Å². The van der Waals surface area contributed by atoms with Gasteiger partial charge in [0.2, 0.25) is 0 Å². The molecule has 0 saturated carbocycles. The van der Waals surface area contributed by atoms with E-state index in [1.807, 2.05) is 18.4 Å². The van der Waals surface area contributed by atoms with Gasteiger partial charge in [-0.3, -0.25) is 10.2 Å². The molecule has 1 amide bonds. The first-order valence-electron chi connectivity index (χ1n) is 4.88. The molecule has 16 heavy (non-hydrogen) atoms. The molecule has 0 bridgehead atoms. The zero-order valence-corrected chi connectivity index (χ0v) is 8.93. The highest BCUT2D eigenvalue weighted by Crippen LogP contribution is 2.15. The monoisotopic (exact) mass is 219 g/mol. The number of nitrogens with one attached hydrogen (secondary N) is 1. The molecule has 1 atom stereocenters. The molecule has 0 radical (unpaired) electrons. The maximum atomic E-state index is 11.3. The van der Waals surface area contributed by atoms with Gasteiger partial charge in [0.05, 0.1) is 11.6 Å². The normalized spacial score (nSPS) is 11.3. The Balaban J connectivity index is 2.78. The van der Waals surface area contributed by atoms with E-state index in [9.17, 15) is 4.79 Å². The van der Waals surface area contributed by atoms with Gasteiger partial charge < -0.3 is 4.74 Å². The molecular weight excluding hydrogens is 206 g/mol. The third kappa shape index (κ3) is 2.97. The molecule has 1 unspecified atom stereocenters. The second-order valence-electron chi connectivity index (χ2n) is 3.16. The lowest BCUT2D eigenvalue weighted by Crippen LogP contribution is -2.41. The van der Waals surface area contributed by atoms with Gasteiger partial charge >= 0.3 is 0 Å². The zero-order valence-electron chi connectivity index (χ0n) is 8.93. The van der Waals surface area contributed by atoms with Crippen molar-refractivity contribution < 1.29 is 9.53 Å². The first-order valence-corrected chi connectivity index (χ1v) is 4.88. The highest BCUT2D eigenvalue weighted by molar-refractivity contribution is 5.80. The van der Waals surface area contributed by atoms with E-state index >= 15 is 0 Å². The Hall–Kier alpha value is -2.06. The summed E-state index contributed by atoms with van der Waals surface area (Å²) in [7, 11) is 0. The SMILES string of the molecule is CCC(Oc1cccc(C#N)c1)C(=O)NN. The third-order valence-corrected chi connectivity index (χ3v) is 2.05. The van der Waals surface area contributed by atoms with E-state index in [1.54, 1.807) is 24.3 Å². The van der Waals surface area contributed by atoms with Crippen molar-refractivity contribution in [2.75, 3.05) is 0 Å². The van der Waals surface area contributed by atoms with Crippen LogP contribution in [-0.2, 0) is 4.79 Å². The van der Waals surface area contributed by atoms with Gasteiger partial charge in [0.25, 0.3) is 5.91 Å². The summed E-state index contributed by atoms with van der Waals surface area (Å²) in [4.78, 5) is 11.3. The van der Waals surface area contributed by atoms with Crippen molar-refractivity contribution >= 4 is 5.91 Å². The van der Waals surface area contributed by atoms with Crippen LogP contribution in [0.4, 0.5) is 0 Å². The summed E-state index contributed by atoms with van der Waals surface area (Å²) < 4.78 is 5.42. The summed E-state index contributed by atoms with van der Waals surface area (Å²) in [5, 5.41) is 8.70. The Kier molecular flexibility index (Phi) is 4.30. The topological polar surface area (TPSA) is 88.1 Å². The van der Waals surface area contributed by atoms with Crippen LogP contribution in [-0.4, -0.2) is 12.0 Å². The van der Waals surface area contributed by atoms with Gasteiger partial charge in [-0.1, -0.05) is 13.0 Å². The summed E-state index contributed by atoms with van der Waals surface area (Å²) in [6.07, 6.45) is -0.140. The molecule has 0 aliphatic carbocycles. The van der Waals surface area contributed by atoms with E-state index in [1.165, 1.54) is 0 Å². The molecule has 0 aliphatic heterocycles. The molecule has 0 heterocycles. The Labute approximate surface area is 93.8 Å². The number of carbonyl (C=O) groups is 1. The van der Waals surface area contributed by atoms with E-state index in [0.717, 1.165) is 0 Å². The average molecular weight is 219 g/mol. The number of nitrogens with two attached hydrogens (primary N) is 1. The second-order valence-corrected chi connectivity index (χ2v) is 3.16. The van der Waals surface area contributed by atoms with Crippen molar-refractivity contribution in [1.29, 1.82) is 5.26 Å². The first kappa shape index (κ1) is 12.0. The van der Waals surface area contributed by atoms with Crippen LogP contribution in [0.3, 0.4) is 0 Å². The van der Waals surface area contributed by atoms with Crippen LogP contribution < -0.4 is 16.0 Å². The van der Waals surface area contributed by atoms with Crippen molar-refractivity contribution in [1.82, 2.24) is 5.43 Å². The van der Waals surface area contributed by atoms with Gasteiger partial charge in [-0.05, 0) is 24.6 Å². The second kappa shape index (κ2) is 5.73. The largest absolute Gasteiger partial charge is 0.481 e. The van der Waals surface area contributed by atoms with Crippen molar-refractivity contribution in [2.45, 2.75) is 19.4 Å². The molecule has 0 saturated heterocycles. The standard InChI is InChI=1S/C11H13N3O2/c1-2-10(11(15)14-13)16-9-5-3-4-8(6-9)7-12/h3-6,10H,2,13H2,1H3,(H,14,15). The van der Waals surface area contributed by atoms with Gasteiger partial charge in [0.1, 0.15) is 5.75 Å². The molecule has 5 heteroatoms.